The van der Waals surface area contributed by atoms with Crippen LogP contribution in [0.1, 0.15) is 12.5 Å². The summed E-state index contributed by atoms with van der Waals surface area (Å²) in [6.45, 7) is 4.73. The first kappa shape index (κ1) is 15.5. The molecule has 1 amide bonds. The molecule has 1 aromatic rings. The predicted octanol–water partition coefficient (Wildman–Crippen LogP) is 1.57. The highest BCUT2D eigenvalue weighted by atomic mass is 16.5. The van der Waals surface area contributed by atoms with Crippen LogP contribution in [0.3, 0.4) is 0 Å². The van der Waals surface area contributed by atoms with Crippen molar-refractivity contribution < 1.29 is 14.3 Å². The Bertz CT molecular complexity index is 421. The SMILES string of the molecule is CNC(C)C(=O)Nc1ccc(C)cc1OCCOC. The molecule has 5 heteroatoms. The number of methoxy groups -OCH3 is 1. The average molecular weight is 266 g/mol. The number of aryl methyl sites for hydroxylation is 1. The van der Waals surface area contributed by atoms with Gasteiger partial charge in [-0.2, -0.15) is 0 Å². The number of carbonyl (C=O) groups is 1. The van der Waals surface area contributed by atoms with Gasteiger partial charge >= 0.3 is 0 Å². The molecule has 106 valence electrons. The number of hydrogen-bond acceptors (Lipinski definition) is 4. The summed E-state index contributed by atoms with van der Waals surface area (Å²) >= 11 is 0. The van der Waals surface area contributed by atoms with Gasteiger partial charge in [0.1, 0.15) is 12.4 Å². The summed E-state index contributed by atoms with van der Waals surface area (Å²) < 4.78 is 10.6. The quantitative estimate of drug-likeness (QED) is 0.735. The van der Waals surface area contributed by atoms with Crippen LogP contribution >= 0.6 is 0 Å². The lowest BCUT2D eigenvalue weighted by atomic mass is 10.2. The summed E-state index contributed by atoms with van der Waals surface area (Å²) in [5.74, 6) is 0.566. The monoisotopic (exact) mass is 266 g/mol. The van der Waals surface area contributed by atoms with Gasteiger partial charge in [-0.05, 0) is 38.6 Å². The molecule has 0 aliphatic heterocycles. The van der Waals surface area contributed by atoms with E-state index in [2.05, 4.69) is 10.6 Å². The fraction of sp³-hybridized carbons (Fsp3) is 0.500. The van der Waals surface area contributed by atoms with E-state index in [1.807, 2.05) is 25.1 Å². The topological polar surface area (TPSA) is 59.6 Å². The Morgan fingerprint density at radius 1 is 1.37 bits per heavy atom. The Balaban J connectivity index is 2.78. The van der Waals surface area contributed by atoms with Crippen LogP contribution in [0.25, 0.3) is 0 Å². The molecule has 0 saturated carbocycles. The van der Waals surface area contributed by atoms with Gasteiger partial charge in [0, 0.05) is 7.11 Å². The van der Waals surface area contributed by atoms with Gasteiger partial charge in [0.25, 0.3) is 0 Å². The van der Waals surface area contributed by atoms with E-state index in [-0.39, 0.29) is 11.9 Å². The average Bonchev–Trinajstić information content (AvgIpc) is 2.40. The van der Waals surface area contributed by atoms with Gasteiger partial charge in [0.2, 0.25) is 5.91 Å². The molecule has 0 heterocycles. The van der Waals surface area contributed by atoms with Crippen molar-refractivity contribution in [2.24, 2.45) is 0 Å². The molecule has 0 aromatic heterocycles. The third kappa shape index (κ3) is 4.89. The molecule has 1 aromatic carbocycles. The molecule has 2 N–H and O–H groups in total. The van der Waals surface area contributed by atoms with Crippen molar-refractivity contribution in [3.8, 4) is 5.75 Å². The summed E-state index contributed by atoms with van der Waals surface area (Å²) in [5.41, 5.74) is 1.75. The van der Waals surface area contributed by atoms with Crippen LogP contribution in [0.15, 0.2) is 18.2 Å². The zero-order valence-electron chi connectivity index (χ0n) is 11.9. The van der Waals surface area contributed by atoms with Crippen molar-refractivity contribution in [2.45, 2.75) is 19.9 Å². The fourth-order valence-corrected chi connectivity index (χ4v) is 1.46. The standard InChI is InChI=1S/C14H22N2O3/c1-10-5-6-12(16-14(17)11(2)15-3)13(9-10)19-8-7-18-4/h5-6,9,11,15H,7-8H2,1-4H3,(H,16,17). The number of amides is 1. The van der Waals surface area contributed by atoms with Crippen molar-refractivity contribution in [3.63, 3.8) is 0 Å². The minimum absolute atomic E-state index is 0.0945. The first-order valence-corrected chi connectivity index (χ1v) is 6.29. The Hall–Kier alpha value is -1.59. The summed E-state index contributed by atoms with van der Waals surface area (Å²) in [6.07, 6.45) is 0. The summed E-state index contributed by atoms with van der Waals surface area (Å²) in [4.78, 5) is 11.9. The van der Waals surface area contributed by atoms with E-state index in [9.17, 15) is 4.79 Å². The van der Waals surface area contributed by atoms with Crippen LogP contribution in [0.4, 0.5) is 5.69 Å². The van der Waals surface area contributed by atoms with E-state index < -0.39 is 0 Å². The summed E-state index contributed by atoms with van der Waals surface area (Å²) in [7, 11) is 3.37. The molecule has 5 nitrogen and oxygen atoms in total. The molecule has 0 bridgehead atoms. The van der Waals surface area contributed by atoms with Crippen LogP contribution in [-0.4, -0.2) is 39.3 Å². The van der Waals surface area contributed by atoms with Crippen LogP contribution in [0, 0.1) is 6.92 Å². The highest BCUT2D eigenvalue weighted by Gasteiger charge is 2.13. The third-order valence-corrected chi connectivity index (χ3v) is 2.77. The van der Waals surface area contributed by atoms with Crippen molar-refractivity contribution in [1.29, 1.82) is 0 Å². The number of hydrogen-bond donors (Lipinski definition) is 2. The number of carbonyl (C=O) groups excluding carboxylic acids is 1. The van der Waals surface area contributed by atoms with E-state index in [1.54, 1.807) is 21.1 Å². The number of rotatable bonds is 7. The molecule has 0 radical (unpaired) electrons. The van der Waals surface area contributed by atoms with Gasteiger partial charge in [-0.25, -0.2) is 0 Å². The number of anilines is 1. The lowest BCUT2D eigenvalue weighted by Crippen LogP contribution is -2.35. The highest BCUT2D eigenvalue weighted by molar-refractivity contribution is 5.95. The normalized spacial score (nSPS) is 12.0. The number of ether oxygens (including phenoxy) is 2. The molecular weight excluding hydrogens is 244 g/mol. The summed E-state index contributed by atoms with van der Waals surface area (Å²) in [6, 6.07) is 5.42. The minimum atomic E-state index is -0.256. The number of nitrogens with one attached hydrogen (secondary N) is 2. The molecule has 1 rings (SSSR count). The fourth-order valence-electron chi connectivity index (χ4n) is 1.46. The second-order valence-corrected chi connectivity index (χ2v) is 4.34. The van der Waals surface area contributed by atoms with E-state index >= 15 is 0 Å². The van der Waals surface area contributed by atoms with Crippen molar-refractivity contribution >= 4 is 11.6 Å². The van der Waals surface area contributed by atoms with Gasteiger partial charge in [0.15, 0.2) is 0 Å². The first-order valence-electron chi connectivity index (χ1n) is 6.29. The number of likely N-dealkylation sites (N-methyl/N-ethyl adjacent to an activating group) is 1. The Morgan fingerprint density at radius 2 is 2.11 bits per heavy atom. The van der Waals surface area contributed by atoms with Gasteiger partial charge < -0.3 is 20.1 Å². The Labute approximate surface area is 114 Å². The van der Waals surface area contributed by atoms with E-state index in [1.165, 1.54) is 0 Å². The second kappa shape index (κ2) is 7.76. The molecule has 0 aliphatic rings. The first-order chi connectivity index (χ1) is 9.08. The Kier molecular flexibility index (Phi) is 6.32. The van der Waals surface area contributed by atoms with Gasteiger partial charge in [-0.3, -0.25) is 4.79 Å². The lowest BCUT2D eigenvalue weighted by Gasteiger charge is -2.15. The Morgan fingerprint density at radius 3 is 2.74 bits per heavy atom. The number of benzene rings is 1. The largest absolute Gasteiger partial charge is 0.489 e. The molecule has 0 aliphatic carbocycles. The van der Waals surface area contributed by atoms with Crippen molar-refractivity contribution in [3.05, 3.63) is 23.8 Å². The molecular formula is C14H22N2O3. The van der Waals surface area contributed by atoms with Crippen LogP contribution in [-0.2, 0) is 9.53 Å². The molecule has 1 unspecified atom stereocenters. The van der Waals surface area contributed by atoms with Crippen molar-refractivity contribution in [1.82, 2.24) is 5.32 Å². The second-order valence-electron chi connectivity index (χ2n) is 4.34. The zero-order valence-corrected chi connectivity index (χ0v) is 11.9. The van der Waals surface area contributed by atoms with Crippen molar-refractivity contribution in [2.75, 3.05) is 32.7 Å². The molecule has 0 spiro atoms. The van der Waals surface area contributed by atoms with Gasteiger partial charge in [-0.1, -0.05) is 6.07 Å². The van der Waals surface area contributed by atoms with E-state index in [4.69, 9.17) is 9.47 Å². The van der Waals surface area contributed by atoms with E-state index in [0.29, 0.717) is 24.7 Å². The molecule has 19 heavy (non-hydrogen) atoms. The highest BCUT2D eigenvalue weighted by Crippen LogP contribution is 2.25. The van der Waals surface area contributed by atoms with E-state index in [0.717, 1.165) is 5.56 Å². The third-order valence-electron chi connectivity index (χ3n) is 2.77. The lowest BCUT2D eigenvalue weighted by molar-refractivity contribution is -0.117. The van der Waals surface area contributed by atoms with Crippen LogP contribution in [0.2, 0.25) is 0 Å². The molecule has 0 saturated heterocycles. The predicted molar refractivity (Wildman–Crippen MR) is 75.7 cm³/mol. The maximum atomic E-state index is 11.9. The molecule has 0 fully saturated rings. The minimum Gasteiger partial charge on any atom is -0.489 e. The maximum Gasteiger partial charge on any atom is 0.241 e. The van der Waals surface area contributed by atoms with Gasteiger partial charge in [-0.15, -0.1) is 0 Å². The molecule has 1 atom stereocenters. The maximum absolute atomic E-state index is 11.9. The smallest absolute Gasteiger partial charge is 0.241 e. The zero-order chi connectivity index (χ0) is 14.3. The van der Waals surface area contributed by atoms with Crippen LogP contribution in [0.5, 0.6) is 5.75 Å². The van der Waals surface area contributed by atoms with Crippen LogP contribution < -0.4 is 15.4 Å². The van der Waals surface area contributed by atoms with Gasteiger partial charge in [0.05, 0.1) is 18.3 Å². The summed E-state index contributed by atoms with van der Waals surface area (Å²) in [5, 5.41) is 5.74.